The summed E-state index contributed by atoms with van der Waals surface area (Å²) < 4.78 is 2.02. The molecule has 0 unspecified atom stereocenters. The monoisotopic (exact) mass is 236 g/mol. The first-order valence-electron chi connectivity index (χ1n) is 5.47. The highest BCUT2D eigenvalue weighted by Gasteiger charge is 2.14. The van der Waals surface area contributed by atoms with Crippen LogP contribution in [-0.4, -0.2) is 15.6 Å². The molecular formula is C12H16N2OS. The van der Waals surface area contributed by atoms with Crippen LogP contribution in [-0.2, 0) is 6.54 Å². The molecule has 0 aliphatic carbocycles. The van der Waals surface area contributed by atoms with E-state index in [1.54, 1.807) is 18.3 Å². The molecule has 4 heteroatoms. The minimum Gasteiger partial charge on any atom is -0.294 e. The molecule has 0 amide bonds. The van der Waals surface area contributed by atoms with Crippen molar-refractivity contribution in [3.05, 3.63) is 16.6 Å². The molecule has 0 atom stereocenters. The number of carbonyl (C=O) groups is 1. The Hall–Kier alpha value is -1.16. The van der Waals surface area contributed by atoms with Gasteiger partial charge < -0.3 is 0 Å². The Morgan fingerprint density at radius 2 is 2.25 bits per heavy atom. The number of hydrogen-bond donors (Lipinski definition) is 0. The molecule has 0 aliphatic heterocycles. The van der Waals surface area contributed by atoms with E-state index in [1.165, 1.54) is 0 Å². The number of hydrogen-bond acceptors (Lipinski definition) is 3. The van der Waals surface area contributed by atoms with Gasteiger partial charge in [0.05, 0.1) is 10.6 Å². The largest absolute Gasteiger partial charge is 0.294 e. The highest BCUT2D eigenvalue weighted by atomic mass is 32.1. The molecule has 0 spiro atoms. The van der Waals surface area contributed by atoms with Gasteiger partial charge in [-0.25, -0.2) is 0 Å². The van der Waals surface area contributed by atoms with E-state index < -0.39 is 0 Å². The van der Waals surface area contributed by atoms with Gasteiger partial charge in [-0.15, -0.1) is 11.3 Å². The zero-order chi connectivity index (χ0) is 11.9. The number of Topliss-reactive ketones (excluding diaryl/α,β-unsaturated/α-hetero) is 1. The Balaban J connectivity index is 2.54. The fourth-order valence-corrected chi connectivity index (χ4v) is 2.82. The fourth-order valence-electron chi connectivity index (χ4n) is 1.76. The van der Waals surface area contributed by atoms with E-state index in [4.69, 9.17) is 0 Å². The van der Waals surface area contributed by atoms with Gasteiger partial charge in [0.15, 0.2) is 5.78 Å². The van der Waals surface area contributed by atoms with Crippen LogP contribution >= 0.6 is 11.3 Å². The van der Waals surface area contributed by atoms with Gasteiger partial charge in [-0.1, -0.05) is 13.8 Å². The van der Waals surface area contributed by atoms with Gasteiger partial charge in [-0.2, -0.15) is 5.10 Å². The molecule has 2 aromatic rings. The van der Waals surface area contributed by atoms with Crippen LogP contribution in [0.4, 0.5) is 0 Å². The summed E-state index contributed by atoms with van der Waals surface area (Å²) in [6.07, 6.45) is 0. The molecular weight excluding hydrogens is 220 g/mol. The van der Waals surface area contributed by atoms with Gasteiger partial charge in [0.2, 0.25) is 0 Å². The second-order valence-corrected chi connectivity index (χ2v) is 5.58. The van der Waals surface area contributed by atoms with Crippen molar-refractivity contribution >= 4 is 27.3 Å². The van der Waals surface area contributed by atoms with Crippen molar-refractivity contribution in [2.45, 2.75) is 34.2 Å². The van der Waals surface area contributed by atoms with Crippen LogP contribution in [0.15, 0.2) is 6.07 Å². The molecule has 0 saturated carbocycles. The predicted molar refractivity (Wildman–Crippen MR) is 67.2 cm³/mol. The van der Waals surface area contributed by atoms with Crippen molar-refractivity contribution in [1.82, 2.24) is 9.78 Å². The first-order chi connectivity index (χ1) is 7.49. The molecule has 2 aromatic heterocycles. The topological polar surface area (TPSA) is 34.9 Å². The van der Waals surface area contributed by atoms with E-state index in [1.807, 2.05) is 17.7 Å². The maximum Gasteiger partial charge on any atom is 0.169 e. The Kier molecular flexibility index (Phi) is 2.84. The number of nitrogens with zero attached hydrogens (tertiary/aromatic N) is 2. The van der Waals surface area contributed by atoms with Gasteiger partial charge in [0.25, 0.3) is 0 Å². The lowest BCUT2D eigenvalue weighted by Crippen LogP contribution is -2.05. The van der Waals surface area contributed by atoms with E-state index in [-0.39, 0.29) is 5.78 Å². The summed E-state index contributed by atoms with van der Waals surface area (Å²) in [5, 5.41) is 5.63. The van der Waals surface area contributed by atoms with Crippen LogP contribution in [0.25, 0.3) is 10.2 Å². The summed E-state index contributed by atoms with van der Waals surface area (Å²) in [5.41, 5.74) is 1.01. The first-order valence-corrected chi connectivity index (χ1v) is 6.28. The van der Waals surface area contributed by atoms with Crippen LogP contribution < -0.4 is 0 Å². The lowest BCUT2D eigenvalue weighted by Gasteiger charge is -2.04. The number of ketones is 1. The average molecular weight is 236 g/mol. The fraction of sp³-hybridized carbons (Fsp3) is 0.500. The number of aromatic nitrogens is 2. The first kappa shape index (κ1) is 11.3. The summed E-state index contributed by atoms with van der Waals surface area (Å²) in [6.45, 7) is 8.85. The van der Waals surface area contributed by atoms with Gasteiger partial charge in [-0.3, -0.25) is 9.48 Å². The summed E-state index contributed by atoms with van der Waals surface area (Å²) in [6, 6.07) is 1.96. The number of rotatable bonds is 3. The van der Waals surface area contributed by atoms with Crippen LogP contribution in [0.5, 0.6) is 0 Å². The van der Waals surface area contributed by atoms with Crippen LogP contribution in [0, 0.1) is 12.8 Å². The highest BCUT2D eigenvalue weighted by Crippen LogP contribution is 2.28. The number of thiophene rings is 1. The molecule has 0 radical (unpaired) electrons. The number of fused-ring (bicyclic) bond motifs is 1. The Labute approximate surface area is 99.1 Å². The predicted octanol–water partition coefficient (Wildman–Crippen LogP) is 3.26. The molecule has 16 heavy (non-hydrogen) atoms. The molecule has 0 bridgehead atoms. The SMILES string of the molecule is CC(=O)c1cc2c(C)nn(CC(C)C)c2s1. The molecule has 0 N–H and O–H groups in total. The number of carbonyl (C=O) groups excluding carboxylic acids is 1. The average Bonchev–Trinajstić information content (AvgIpc) is 2.68. The second kappa shape index (κ2) is 4.01. The normalized spacial score (nSPS) is 11.6. The summed E-state index contributed by atoms with van der Waals surface area (Å²) in [5.74, 6) is 0.696. The third-order valence-corrected chi connectivity index (χ3v) is 3.74. The molecule has 3 nitrogen and oxygen atoms in total. The smallest absolute Gasteiger partial charge is 0.169 e. The minimum atomic E-state index is 0.136. The van der Waals surface area contributed by atoms with Crippen LogP contribution in [0.3, 0.4) is 0 Å². The van der Waals surface area contributed by atoms with E-state index in [9.17, 15) is 4.79 Å². The van der Waals surface area contributed by atoms with Gasteiger partial charge in [0, 0.05) is 11.9 Å². The van der Waals surface area contributed by atoms with Crippen LogP contribution in [0.1, 0.15) is 36.1 Å². The molecule has 0 aromatic carbocycles. The summed E-state index contributed by atoms with van der Waals surface area (Å²) in [4.78, 5) is 13.3. The Bertz CT molecular complexity index is 536. The molecule has 2 rings (SSSR count). The summed E-state index contributed by atoms with van der Waals surface area (Å²) in [7, 11) is 0. The van der Waals surface area contributed by atoms with E-state index in [0.717, 1.165) is 27.3 Å². The van der Waals surface area contributed by atoms with Crippen molar-refractivity contribution in [1.29, 1.82) is 0 Å². The van der Waals surface area contributed by atoms with Crippen molar-refractivity contribution in [2.75, 3.05) is 0 Å². The van der Waals surface area contributed by atoms with E-state index >= 15 is 0 Å². The quantitative estimate of drug-likeness (QED) is 0.767. The highest BCUT2D eigenvalue weighted by molar-refractivity contribution is 7.20. The zero-order valence-electron chi connectivity index (χ0n) is 10.1. The van der Waals surface area contributed by atoms with Crippen molar-refractivity contribution in [3.63, 3.8) is 0 Å². The van der Waals surface area contributed by atoms with Gasteiger partial charge >= 0.3 is 0 Å². The van der Waals surface area contributed by atoms with Crippen molar-refractivity contribution in [2.24, 2.45) is 5.92 Å². The van der Waals surface area contributed by atoms with Crippen molar-refractivity contribution < 1.29 is 4.79 Å². The van der Waals surface area contributed by atoms with Crippen LogP contribution in [0.2, 0.25) is 0 Å². The molecule has 0 aliphatic rings. The summed E-state index contributed by atoms with van der Waals surface area (Å²) >= 11 is 1.55. The lowest BCUT2D eigenvalue weighted by molar-refractivity contribution is 0.102. The Morgan fingerprint density at radius 1 is 1.56 bits per heavy atom. The van der Waals surface area contributed by atoms with Gasteiger partial charge in [-0.05, 0) is 25.8 Å². The second-order valence-electron chi connectivity index (χ2n) is 4.55. The third-order valence-electron chi connectivity index (χ3n) is 2.49. The maximum atomic E-state index is 11.3. The minimum absolute atomic E-state index is 0.136. The third kappa shape index (κ3) is 1.89. The van der Waals surface area contributed by atoms with E-state index in [2.05, 4.69) is 18.9 Å². The number of aryl methyl sites for hydroxylation is 1. The molecule has 86 valence electrons. The molecule has 2 heterocycles. The standard InChI is InChI=1S/C12H16N2OS/c1-7(2)6-14-12-10(8(3)13-14)5-11(16-12)9(4)15/h5,7H,6H2,1-4H3. The van der Waals surface area contributed by atoms with E-state index in [0.29, 0.717) is 5.92 Å². The van der Waals surface area contributed by atoms with Crippen molar-refractivity contribution in [3.8, 4) is 0 Å². The Morgan fingerprint density at radius 3 is 2.81 bits per heavy atom. The zero-order valence-corrected chi connectivity index (χ0v) is 10.9. The lowest BCUT2D eigenvalue weighted by atomic mass is 10.2. The molecule has 0 saturated heterocycles. The van der Waals surface area contributed by atoms with Gasteiger partial charge in [0.1, 0.15) is 4.83 Å². The molecule has 0 fully saturated rings. The maximum absolute atomic E-state index is 11.3.